The molecule has 19 heavy (non-hydrogen) atoms. The number of ether oxygens (including phenoxy) is 1. The Balaban J connectivity index is 2.16. The summed E-state index contributed by atoms with van der Waals surface area (Å²) in [5.74, 6) is 1.16. The number of H-pyrrole nitrogens is 1. The predicted octanol–water partition coefficient (Wildman–Crippen LogP) is 3.29. The second-order valence-corrected chi connectivity index (χ2v) is 4.79. The zero-order valence-electron chi connectivity index (χ0n) is 11.3. The van der Waals surface area contributed by atoms with Crippen LogP contribution in [0.25, 0.3) is 11.3 Å². The van der Waals surface area contributed by atoms with E-state index in [0.717, 1.165) is 23.6 Å². The monoisotopic (exact) mass is 263 g/mol. The number of methoxy groups -OCH3 is 1. The molecule has 0 saturated heterocycles. The highest BCUT2D eigenvalue weighted by Gasteiger charge is 2.08. The van der Waals surface area contributed by atoms with Crippen molar-refractivity contribution in [2.75, 3.05) is 19.0 Å². The van der Waals surface area contributed by atoms with Gasteiger partial charge in [0.15, 0.2) is 11.6 Å². The van der Waals surface area contributed by atoms with Gasteiger partial charge < -0.3 is 10.1 Å². The van der Waals surface area contributed by atoms with Gasteiger partial charge in [-0.2, -0.15) is 5.10 Å². The van der Waals surface area contributed by atoms with Crippen LogP contribution in [0.2, 0.25) is 0 Å². The van der Waals surface area contributed by atoms with Crippen molar-refractivity contribution in [3.05, 3.63) is 30.1 Å². The number of aromatic amines is 1. The molecule has 0 radical (unpaired) electrons. The van der Waals surface area contributed by atoms with Gasteiger partial charge in [0.2, 0.25) is 0 Å². The summed E-state index contributed by atoms with van der Waals surface area (Å²) in [6.45, 7) is 5.10. The first-order valence-corrected chi connectivity index (χ1v) is 6.23. The molecule has 2 rings (SSSR count). The predicted molar refractivity (Wildman–Crippen MR) is 73.9 cm³/mol. The van der Waals surface area contributed by atoms with E-state index in [2.05, 4.69) is 29.4 Å². The van der Waals surface area contributed by atoms with Crippen LogP contribution in [0.5, 0.6) is 5.75 Å². The standard InChI is InChI=1S/C14H18FN3O/c1-9(2)8-16-14-7-12(17-18-14)10-4-5-13(19-3)11(15)6-10/h4-7,9H,8H2,1-3H3,(H2,16,17,18). The molecule has 0 aliphatic heterocycles. The van der Waals surface area contributed by atoms with Crippen molar-refractivity contribution < 1.29 is 9.13 Å². The van der Waals surface area contributed by atoms with Gasteiger partial charge in [0, 0.05) is 18.2 Å². The molecule has 2 aromatic rings. The van der Waals surface area contributed by atoms with E-state index in [-0.39, 0.29) is 11.6 Å². The lowest BCUT2D eigenvalue weighted by Gasteiger charge is -2.04. The largest absolute Gasteiger partial charge is 0.494 e. The van der Waals surface area contributed by atoms with Gasteiger partial charge in [-0.3, -0.25) is 5.10 Å². The van der Waals surface area contributed by atoms with E-state index in [0.29, 0.717) is 5.92 Å². The molecule has 2 N–H and O–H groups in total. The molecule has 0 spiro atoms. The highest BCUT2D eigenvalue weighted by molar-refractivity contribution is 5.63. The van der Waals surface area contributed by atoms with E-state index in [1.807, 2.05) is 6.07 Å². The Bertz CT molecular complexity index is 551. The Kier molecular flexibility index (Phi) is 4.04. The smallest absolute Gasteiger partial charge is 0.165 e. The average molecular weight is 263 g/mol. The zero-order chi connectivity index (χ0) is 13.8. The summed E-state index contributed by atoms with van der Waals surface area (Å²) in [6.07, 6.45) is 0. The number of benzene rings is 1. The van der Waals surface area contributed by atoms with Crippen LogP contribution < -0.4 is 10.1 Å². The van der Waals surface area contributed by atoms with E-state index in [1.165, 1.54) is 13.2 Å². The second-order valence-electron chi connectivity index (χ2n) is 4.79. The second kappa shape index (κ2) is 5.73. The normalized spacial score (nSPS) is 10.8. The molecule has 0 unspecified atom stereocenters. The Morgan fingerprint density at radius 1 is 1.37 bits per heavy atom. The molecule has 0 aliphatic rings. The first-order valence-electron chi connectivity index (χ1n) is 6.23. The van der Waals surface area contributed by atoms with Crippen LogP contribution in [-0.2, 0) is 0 Å². The maximum absolute atomic E-state index is 13.6. The van der Waals surface area contributed by atoms with E-state index >= 15 is 0 Å². The van der Waals surface area contributed by atoms with Crippen molar-refractivity contribution in [2.24, 2.45) is 5.92 Å². The Morgan fingerprint density at radius 2 is 2.16 bits per heavy atom. The van der Waals surface area contributed by atoms with Gasteiger partial charge >= 0.3 is 0 Å². The van der Waals surface area contributed by atoms with Crippen molar-refractivity contribution in [1.29, 1.82) is 0 Å². The summed E-state index contributed by atoms with van der Waals surface area (Å²) in [5, 5.41) is 10.2. The fourth-order valence-electron chi connectivity index (χ4n) is 1.70. The first kappa shape index (κ1) is 13.4. The van der Waals surface area contributed by atoms with Crippen LogP contribution >= 0.6 is 0 Å². The number of hydrogen-bond donors (Lipinski definition) is 2. The summed E-state index contributed by atoms with van der Waals surface area (Å²) in [4.78, 5) is 0. The molecule has 5 heteroatoms. The molecule has 0 atom stereocenters. The van der Waals surface area contributed by atoms with Crippen molar-refractivity contribution >= 4 is 5.82 Å². The first-order chi connectivity index (χ1) is 9.10. The SMILES string of the molecule is COc1ccc(-c2cc(NCC(C)C)n[nH]2)cc1F. The van der Waals surface area contributed by atoms with Crippen LogP contribution in [0, 0.1) is 11.7 Å². The third-order valence-corrected chi connectivity index (χ3v) is 2.73. The van der Waals surface area contributed by atoms with E-state index in [9.17, 15) is 4.39 Å². The quantitative estimate of drug-likeness (QED) is 0.870. The Hall–Kier alpha value is -2.04. The van der Waals surface area contributed by atoms with Crippen molar-refractivity contribution in [3.8, 4) is 17.0 Å². The molecule has 0 saturated carbocycles. The zero-order valence-corrected chi connectivity index (χ0v) is 11.3. The fourth-order valence-corrected chi connectivity index (χ4v) is 1.70. The molecule has 4 nitrogen and oxygen atoms in total. The van der Waals surface area contributed by atoms with Gasteiger partial charge in [-0.1, -0.05) is 13.8 Å². The van der Waals surface area contributed by atoms with Crippen LogP contribution in [0.1, 0.15) is 13.8 Å². The van der Waals surface area contributed by atoms with Gasteiger partial charge in [0.05, 0.1) is 12.8 Å². The number of rotatable bonds is 5. The van der Waals surface area contributed by atoms with Gasteiger partial charge in [0.25, 0.3) is 0 Å². The lowest BCUT2D eigenvalue weighted by molar-refractivity contribution is 0.386. The van der Waals surface area contributed by atoms with Gasteiger partial charge in [-0.15, -0.1) is 0 Å². The molecule has 0 amide bonds. The van der Waals surface area contributed by atoms with Crippen LogP contribution in [0.4, 0.5) is 10.2 Å². The van der Waals surface area contributed by atoms with Crippen LogP contribution in [0.15, 0.2) is 24.3 Å². The van der Waals surface area contributed by atoms with E-state index in [4.69, 9.17) is 4.74 Å². The average Bonchev–Trinajstić information content (AvgIpc) is 2.85. The molecule has 1 aromatic carbocycles. The molecule has 0 aliphatic carbocycles. The van der Waals surface area contributed by atoms with Gasteiger partial charge in [-0.25, -0.2) is 4.39 Å². The van der Waals surface area contributed by atoms with Crippen LogP contribution in [0.3, 0.4) is 0 Å². The number of aromatic nitrogens is 2. The number of anilines is 1. The van der Waals surface area contributed by atoms with Gasteiger partial charge in [0.1, 0.15) is 5.82 Å². The molecular formula is C14H18FN3O. The number of halogens is 1. The highest BCUT2D eigenvalue weighted by atomic mass is 19.1. The minimum Gasteiger partial charge on any atom is -0.494 e. The molecule has 1 aromatic heterocycles. The van der Waals surface area contributed by atoms with Crippen LogP contribution in [-0.4, -0.2) is 23.9 Å². The van der Waals surface area contributed by atoms with Gasteiger partial charge in [-0.05, 0) is 24.1 Å². The molecular weight excluding hydrogens is 245 g/mol. The molecule has 0 fully saturated rings. The molecule has 1 heterocycles. The number of hydrogen-bond acceptors (Lipinski definition) is 3. The Labute approximate surface area is 112 Å². The number of nitrogens with zero attached hydrogens (tertiary/aromatic N) is 1. The summed E-state index contributed by atoms with van der Waals surface area (Å²) >= 11 is 0. The summed E-state index contributed by atoms with van der Waals surface area (Å²) in [6, 6.07) is 6.69. The number of nitrogens with one attached hydrogen (secondary N) is 2. The van der Waals surface area contributed by atoms with Crippen molar-refractivity contribution in [1.82, 2.24) is 10.2 Å². The summed E-state index contributed by atoms with van der Waals surface area (Å²) in [7, 11) is 1.45. The lowest BCUT2D eigenvalue weighted by atomic mass is 10.1. The topological polar surface area (TPSA) is 49.9 Å². The highest BCUT2D eigenvalue weighted by Crippen LogP contribution is 2.25. The summed E-state index contributed by atoms with van der Waals surface area (Å²) < 4.78 is 18.5. The third-order valence-electron chi connectivity index (χ3n) is 2.73. The lowest BCUT2D eigenvalue weighted by Crippen LogP contribution is -2.07. The maximum atomic E-state index is 13.6. The van der Waals surface area contributed by atoms with E-state index < -0.39 is 0 Å². The summed E-state index contributed by atoms with van der Waals surface area (Å²) in [5.41, 5.74) is 1.51. The van der Waals surface area contributed by atoms with E-state index in [1.54, 1.807) is 12.1 Å². The minimum absolute atomic E-state index is 0.237. The maximum Gasteiger partial charge on any atom is 0.165 e. The fraction of sp³-hybridized carbons (Fsp3) is 0.357. The van der Waals surface area contributed by atoms with Crippen molar-refractivity contribution in [2.45, 2.75) is 13.8 Å². The minimum atomic E-state index is -0.383. The third kappa shape index (κ3) is 3.24. The Morgan fingerprint density at radius 3 is 2.79 bits per heavy atom. The molecule has 102 valence electrons. The molecule has 0 bridgehead atoms. The van der Waals surface area contributed by atoms with Crippen molar-refractivity contribution in [3.63, 3.8) is 0 Å².